The van der Waals surface area contributed by atoms with Gasteiger partial charge < -0.3 is 14.2 Å². The molecule has 1 aliphatic rings. The standard InChI is InChI=1S/C13H16O3/c1-8-11-7-9(14-2)5-6-10(11)13(16-4)12(8)15-3/h5-7,13H,1-4H3. The smallest absolute Gasteiger partial charge is 0.140 e. The van der Waals surface area contributed by atoms with Gasteiger partial charge >= 0.3 is 0 Å². The minimum absolute atomic E-state index is 0.0918. The van der Waals surface area contributed by atoms with E-state index in [0.717, 1.165) is 28.2 Å². The van der Waals surface area contributed by atoms with Crippen LogP contribution in [0.15, 0.2) is 24.0 Å². The van der Waals surface area contributed by atoms with E-state index in [1.54, 1.807) is 21.3 Å². The highest BCUT2D eigenvalue weighted by atomic mass is 16.5. The lowest BCUT2D eigenvalue weighted by molar-refractivity contribution is 0.0835. The molecule has 1 aromatic rings. The van der Waals surface area contributed by atoms with Crippen LogP contribution in [0.3, 0.4) is 0 Å². The Morgan fingerprint density at radius 3 is 2.38 bits per heavy atom. The number of fused-ring (bicyclic) bond motifs is 1. The van der Waals surface area contributed by atoms with Crippen LogP contribution in [-0.2, 0) is 9.47 Å². The van der Waals surface area contributed by atoms with E-state index in [2.05, 4.69) is 0 Å². The molecule has 0 saturated carbocycles. The highest BCUT2D eigenvalue weighted by molar-refractivity contribution is 5.76. The van der Waals surface area contributed by atoms with Gasteiger partial charge in [0.2, 0.25) is 0 Å². The van der Waals surface area contributed by atoms with Gasteiger partial charge in [0.05, 0.1) is 14.2 Å². The van der Waals surface area contributed by atoms with Crippen molar-refractivity contribution in [3.05, 3.63) is 35.1 Å². The van der Waals surface area contributed by atoms with Crippen molar-refractivity contribution >= 4 is 5.57 Å². The molecule has 3 heteroatoms. The first kappa shape index (κ1) is 11.0. The molecule has 0 N–H and O–H groups in total. The van der Waals surface area contributed by atoms with Gasteiger partial charge in [-0.15, -0.1) is 0 Å². The zero-order chi connectivity index (χ0) is 11.7. The molecule has 1 aromatic carbocycles. The Morgan fingerprint density at radius 2 is 1.81 bits per heavy atom. The fourth-order valence-electron chi connectivity index (χ4n) is 2.18. The van der Waals surface area contributed by atoms with Crippen molar-refractivity contribution < 1.29 is 14.2 Å². The highest BCUT2D eigenvalue weighted by Crippen LogP contribution is 2.43. The molecule has 0 fully saturated rings. The lowest BCUT2D eigenvalue weighted by atomic mass is 10.1. The second-order valence-electron chi connectivity index (χ2n) is 3.76. The van der Waals surface area contributed by atoms with Crippen molar-refractivity contribution in [3.63, 3.8) is 0 Å². The second kappa shape index (κ2) is 4.18. The number of allylic oxidation sites excluding steroid dienone is 1. The number of hydrogen-bond donors (Lipinski definition) is 0. The van der Waals surface area contributed by atoms with Crippen LogP contribution in [0.4, 0.5) is 0 Å². The van der Waals surface area contributed by atoms with E-state index in [-0.39, 0.29) is 6.10 Å². The zero-order valence-corrected chi connectivity index (χ0v) is 10.0. The fourth-order valence-corrected chi connectivity index (χ4v) is 2.18. The maximum absolute atomic E-state index is 5.46. The summed E-state index contributed by atoms with van der Waals surface area (Å²) >= 11 is 0. The molecule has 0 aromatic heterocycles. The molecule has 1 atom stereocenters. The first-order chi connectivity index (χ1) is 7.72. The molecule has 0 bridgehead atoms. The van der Waals surface area contributed by atoms with E-state index in [0.29, 0.717) is 0 Å². The summed E-state index contributed by atoms with van der Waals surface area (Å²) in [4.78, 5) is 0. The van der Waals surface area contributed by atoms with Crippen LogP contribution in [0.1, 0.15) is 24.2 Å². The molecule has 3 nitrogen and oxygen atoms in total. The van der Waals surface area contributed by atoms with Gasteiger partial charge in [0.15, 0.2) is 0 Å². The summed E-state index contributed by atoms with van der Waals surface area (Å²) in [6, 6.07) is 5.98. The molecule has 16 heavy (non-hydrogen) atoms. The van der Waals surface area contributed by atoms with Gasteiger partial charge in [-0.2, -0.15) is 0 Å². The molecule has 0 saturated heterocycles. The first-order valence-corrected chi connectivity index (χ1v) is 5.18. The predicted molar refractivity (Wildman–Crippen MR) is 62.3 cm³/mol. The lowest BCUT2D eigenvalue weighted by Crippen LogP contribution is -2.02. The number of benzene rings is 1. The molecular formula is C13H16O3. The fraction of sp³-hybridized carbons (Fsp3) is 0.385. The summed E-state index contributed by atoms with van der Waals surface area (Å²) in [6.45, 7) is 2.04. The summed E-state index contributed by atoms with van der Waals surface area (Å²) in [5, 5.41) is 0. The summed E-state index contributed by atoms with van der Waals surface area (Å²) in [5.74, 6) is 1.73. The van der Waals surface area contributed by atoms with Gasteiger partial charge in [-0.3, -0.25) is 0 Å². The van der Waals surface area contributed by atoms with Crippen molar-refractivity contribution in [1.82, 2.24) is 0 Å². The lowest BCUT2D eigenvalue weighted by Gasteiger charge is -2.13. The van der Waals surface area contributed by atoms with Gasteiger partial charge in [-0.1, -0.05) is 6.07 Å². The Balaban J connectivity index is 2.54. The minimum Gasteiger partial charge on any atom is -0.498 e. The van der Waals surface area contributed by atoms with Crippen molar-refractivity contribution in [2.45, 2.75) is 13.0 Å². The van der Waals surface area contributed by atoms with Crippen LogP contribution < -0.4 is 4.74 Å². The summed E-state index contributed by atoms with van der Waals surface area (Å²) in [7, 11) is 5.03. The summed E-state index contributed by atoms with van der Waals surface area (Å²) in [6.07, 6.45) is -0.0918. The van der Waals surface area contributed by atoms with E-state index < -0.39 is 0 Å². The second-order valence-corrected chi connectivity index (χ2v) is 3.76. The van der Waals surface area contributed by atoms with Gasteiger partial charge in [0.1, 0.15) is 17.6 Å². The van der Waals surface area contributed by atoms with Gasteiger partial charge in [-0.25, -0.2) is 0 Å². The van der Waals surface area contributed by atoms with Crippen molar-refractivity contribution in [3.8, 4) is 5.75 Å². The molecule has 0 amide bonds. The summed E-state index contributed by atoms with van der Waals surface area (Å²) in [5.41, 5.74) is 3.39. The average Bonchev–Trinajstić information content (AvgIpc) is 2.60. The van der Waals surface area contributed by atoms with Crippen molar-refractivity contribution in [2.75, 3.05) is 21.3 Å². The van der Waals surface area contributed by atoms with E-state index in [9.17, 15) is 0 Å². The topological polar surface area (TPSA) is 27.7 Å². The Hall–Kier alpha value is -1.48. The molecule has 2 rings (SSSR count). The number of rotatable bonds is 3. The van der Waals surface area contributed by atoms with Crippen LogP contribution >= 0.6 is 0 Å². The van der Waals surface area contributed by atoms with Crippen LogP contribution in [0.5, 0.6) is 5.75 Å². The molecule has 1 aliphatic carbocycles. The molecule has 0 heterocycles. The number of hydrogen-bond acceptors (Lipinski definition) is 3. The Morgan fingerprint density at radius 1 is 1.06 bits per heavy atom. The molecule has 1 unspecified atom stereocenters. The predicted octanol–water partition coefficient (Wildman–Crippen LogP) is 2.77. The Kier molecular flexibility index (Phi) is 2.88. The van der Waals surface area contributed by atoms with E-state index in [1.807, 2.05) is 25.1 Å². The number of methoxy groups -OCH3 is 3. The third kappa shape index (κ3) is 1.48. The van der Waals surface area contributed by atoms with Crippen molar-refractivity contribution in [1.29, 1.82) is 0 Å². The monoisotopic (exact) mass is 220 g/mol. The largest absolute Gasteiger partial charge is 0.498 e. The number of ether oxygens (including phenoxy) is 3. The normalized spacial score (nSPS) is 18.6. The third-order valence-corrected chi connectivity index (χ3v) is 3.01. The minimum atomic E-state index is -0.0918. The molecule has 0 aliphatic heterocycles. The van der Waals surface area contributed by atoms with Gasteiger partial charge in [-0.05, 0) is 35.8 Å². The van der Waals surface area contributed by atoms with Crippen LogP contribution in [0.25, 0.3) is 5.57 Å². The van der Waals surface area contributed by atoms with Gasteiger partial charge in [0.25, 0.3) is 0 Å². The third-order valence-electron chi connectivity index (χ3n) is 3.01. The van der Waals surface area contributed by atoms with Crippen LogP contribution in [0.2, 0.25) is 0 Å². The Labute approximate surface area is 95.6 Å². The molecule has 0 spiro atoms. The molecule has 86 valence electrons. The average molecular weight is 220 g/mol. The SMILES string of the molecule is COC1=C(C)c2cc(OC)ccc2C1OC. The van der Waals surface area contributed by atoms with E-state index >= 15 is 0 Å². The van der Waals surface area contributed by atoms with E-state index in [4.69, 9.17) is 14.2 Å². The maximum atomic E-state index is 5.46. The maximum Gasteiger partial charge on any atom is 0.140 e. The van der Waals surface area contributed by atoms with Gasteiger partial charge in [0, 0.05) is 7.11 Å². The zero-order valence-electron chi connectivity index (χ0n) is 10.0. The molecular weight excluding hydrogens is 204 g/mol. The van der Waals surface area contributed by atoms with Crippen molar-refractivity contribution in [2.24, 2.45) is 0 Å². The van der Waals surface area contributed by atoms with Crippen LogP contribution in [-0.4, -0.2) is 21.3 Å². The quantitative estimate of drug-likeness (QED) is 0.784. The first-order valence-electron chi connectivity index (χ1n) is 5.18. The van der Waals surface area contributed by atoms with Crippen LogP contribution in [0, 0.1) is 0 Å². The Bertz CT molecular complexity index is 435. The highest BCUT2D eigenvalue weighted by Gasteiger charge is 2.30. The van der Waals surface area contributed by atoms with E-state index in [1.165, 1.54) is 0 Å². The molecule has 0 radical (unpaired) electrons. The summed E-state index contributed by atoms with van der Waals surface area (Å²) < 4.78 is 16.1.